The molecule has 3 aliphatic heterocycles. The zero-order chi connectivity index (χ0) is 23.3. The van der Waals surface area contributed by atoms with Crippen LogP contribution in [0.5, 0.6) is 5.75 Å². The van der Waals surface area contributed by atoms with Gasteiger partial charge in [0.2, 0.25) is 5.91 Å². The zero-order valence-corrected chi connectivity index (χ0v) is 20.0. The Morgan fingerprint density at radius 3 is 2.31 bits per heavy atom. The monoisotopic (exact) mass is 445 g/mol. The number of carboxylic acid groups (broad SMARTS) is 1. The Labute approximate surface area is 192 Å². The average molecular weight is 446 g/mol. The van der Waals surface area contributed by atoms with E-state index in [0.29, 0.717) is 11.8 Å². The summed E-state index contributed by atoms with van der Waals surface area (Å²) in [5.74, 6) is 2.15. The minimum absolute atomic E-state index is 0.187. The van der Waals surface area contributed by atoms with Gasteiger partial charge in [-0.05, 0) is 63.4 Å². The number of hydrogen-bond donors (Lipinski definition) is 1. The van der Waals surface area contributed by atoms with Crippen molar-refractivity contribution in [2.24, 2.45) is 11.8 Å². The molecule has 0 aromatic heterocycles. The fourth-order valence-electron chi connectivity index (χ4n) is 5.97. The first-order chi connectivity index (χ1) is 15.3. The van der Waals surface area contributed by atoms with Crippen molar-refractivity contribution in [1.29, 1.82) is 0 Å². The van der Waals surface area contributed by atoms with Gasteiger partial charge in [-0.1, -0.05) is 18.6 Å². The third-order valence-electron chi connectivity index (χ3n) is 7.42. The molecule has 1 aromatic rings. The standard InChI is InChI=1S/C24H37N3O2.CH2O2/c1-18(28)27-15-20-14-25(17-24(2,3)26-12-6-5-7-13-26)16-22(20)23(27)19-8-10-21(29-4)11-9-19;2-1-3/h8-11,20,22-23H,5-7,12-17H2,1-4H3;1H,(H,2,3)/t20-,22-,23+;/m1./s1. The number of amides is 1. The highest BCUT2D eigenvalue weighted by atomic mass is 16.5. The van der Waals surface area contributed by atoms with Gasteiger partial charge < -0.3 is 19.6 Å². The molecule has 1 aromatic carbocycles. The highest BCUT2D eigenvalue weighted by Crippen LogP contribution is 2.45. The molecule has 0 spiro atoms. The molecule has 7 heteroatoms. The quantitative estimate of drug-likeness (QED) is 0.702. The van der Waals surface area contributed by atoms with E-state index < -0.39 is 0 Å². The van der Waals surface area contributed by atoms with Crippen molar-refractivity contribution in [1.82, 2.24) is 14.7 Å². The lowest BCUT2D eigenvalue weighted by molar-refractivity contribution is -0.130. The van der Waals surface area contributed by atoms with Crippen LogP contribution in [-0.2, 0) is 9.59 Å². The molecule has 0 radical (unpaired) electrons. The van der Waals surface area contributed by atoms with Gasteiger partial charge in [0, 0.05) is 44.6 Å². The summed E-state index contributed by atoms with van der Waals surface area (Å²) < 4.78 is 5.33. The number of piperidine rings is 1. The van der Waals surface area contributed by atoms with Crippen LogP contribution in [0.2, 0.25) is 0 Å². The second kappa shape index (κ2) is 10.7. The van der Waals surface area contributed by atoms with Crippen molar-refractivity contribution in [2.75, 3.05) is 46.4 Å². The van der Waals surface area contributed by atoms with Gasteiger partial charge in [-0.15, -0.1) is 0 Å². The van der Waals surface area contributed by atoms with Gasteiger partial charge in [0.25, 0.3) is 6.47 Å². The van der Waals surface area contributed by atoms with Gasteiger partial charge >= 0.3 is 0 Å². The molecule has 3 heterocycles. The fourth-order valence-corrected chi connectivity index (χ4v) is 5.97. The van der Waals surface area contributed by atoms with Gasteiger partial charge in [-0.3, -0.25) is 14.5 Å². The molecule has 7 nitrogen and oxygen atoms in total. The summed E-state index contributed by atoms with van der Waals surface area (Å²) in [6.45, 7) is 13.0. The van der Waals surface area contributed by atoms with E-state index in [2.05, 4.69) is 40.7 Å². The van der Waals surface area contributed by atoms with Gasteiger partial charge in [0.05, 0.1) is 13.2 Å². The summed E-state index contributed by atoms with van der Waals surface area (Å²) in [6, 6.07) is 8.51. The molecule has 178 valence electrons. The van der Waals surface area contributed by atoms with Crippen LogP contribution in [0.25, 0.3) is 0 Å². The lowest BCUT2D eigenvalue weighted by Gasteiger charge is -2.43. The van der Waals surface area contributed by atoms with E-state index in [-0.39, 0.29) is 24.0 Å². The number of carbonyl (C=O) groups is 2. The molecule has 0 unspecified atom stereocenters. The number of methoxy groups -OCH3 is 1. The van der Waals surface area contributed by atoms with Crippen molar-refractivity contribution in [3.8, 4) is 5.75 Å². The van der Waals surface area contributed by atoms with E-state index in [4.69, 9.17) is 14.6 Å². The Balaban J connectivity index is 0.000000913. The van der Waals surface area contributed by atoms with Gasteiger partial charge in [-0.25, -0.2) is 0 Å². The molecular formula is C25H39N3O4. The summed E-state index contributed by atoms with van der Waals surface area (Å²) in [5, 5.41) is 6.89. The highest BCUT2D eigenvalue weighted by Gasteiger charge is 2.49. The summed E-state index contributed by atoms with van der Waals surface area (Å²) in [6.07, 6.45) is 4.05. The Bertz CT molecular complexity index is 761. The van der Waals surface area contributed by atoms with Crippen LogP contribution in [0.4, 0.5) is 0 Å². The molecule has 0 saturated carbocycles. The minimum Gasteiger partial charge on any atom is -0.497 e. The van der Waals surface area contributed by atoms with E-state index in [1.54, 1.807) is 14.0 Å². The summed E-state index contributed by atoms with van der Waals surface area (Å²) >= 11 is 0. The minimum atomic E-state index is -0.250. The van der Waals surface area contributed by atoms with Crippen LogP contribution < -0.4 is 4.74 Å². The predicted molar refractivity (Wildman–Crippen MR) is 125 cm³/mol. The highest BCUT2D eigenvalue weighted by molar-refractivity contribution is 5.74. The number of rotatable bonds is 5. The maximum Gasteiger partial charge on any atom is 0.290 e. The smallest absolute Gasteiger partial charge is 0.290 e. The van der Waals surface area contributed by atoms with E-state index in [9.17, 15) is 4.79 Å². The molecule has 32 heavy (non-hydrogen) atoms. The molecule has 1 amide bonds. The first-order valence-corrected chi connectivity index (χ1v) is 11.8. The molecule has 1 N–H and O–H groups in total. The largest absolute Gasteiger partial charge is 0.497 e. The molecular weight excluding hydrogens is 406 g/mol. The first-order valence-electron chi connectivity index (χ1n) is 11.8. The topological polar surface area (TPSA) is 73.3 Å². The van der Waals surface area contributed by atoms with Crippen molar-refractivity contribution < 1.29 is 19.4 Å². The lowest BCUT2D eigenvalue weighted by atomic mass is 9.89. The van der Waals surface area contributed by atoms with E-state index in [1.165, 1.54) is 37.9 Å². The van der Waals surface area contributed by atoms with Crippen molar-refractivity contribution >= 4 is 12.4 Å². The second-order valence-corrected chi connectivity index (χ2v) is 9.97. The SMILES string of the molecule is COc1ccc([C@H]2[C@@H]3CN(CC(C)(C)N4CCCCC4)C[C@@H]3CN2C(C)=O)cc1.O=CO. The van der Waals surface area contributed by atoms with Crippen LogP contribution in [0.15, 0.2) is 24.3 Å². The fraction of sp³-hybridized carbons (Fsp3) is 0.680. The summed E-state index contributed by atoms with van der Waals surface area (Å²) in [5.41, 5.74) is 1.46. The van der Waals surface area contributed by atoms with Crippen molar-refractivity contribution in [3.05, 3.63) is 29.8 Å². The third kappa shape index (κ3) is 5.44. The molecule has 0 aliphatic carbocycles. The number of carbonyl (C=O) groups excluding carboxylic acids is 1. The maximum atomic E-state index is 12.4. The Morgan fingerprint density at radius 1 is 1.12 bits per heavy atom. The average Bonchev–Trinajstić information content (AvgIpc) is 3.32. The molecule has 3 saturated heterocycles. The number of nitrogens with zero attached hydrogens (tertiary/aromatic N) is 3. The van der Waals surface area contributed by atoms with Crippen LogP contribution in [-0.4, -0.2) is 84.1 Å². The number of hydrogen-bond acceptors (Lipinski definition) is 5. The number of benzene rings is 1. The first kappa shape index (κ1) is 24.5. The Hall–Kier alpha value is -2.12. The zero-order valence-electron chi connectivity index (χ0n) is 20.0. The molecule has 3 fully saturated rings. The van der Waals surface area contributed by atoms with Crippen molar-refractivity contribution in [3.63, 3.8) is 0 Å². The Morgan fingerprint density at radius 2 is 1.75 bits per heavy atom. The van der Waals surface area contributed by atoms with E-state index >= 15 is 0 Å². The van der Waals surface area contributed by atoms with Crippen LogP contribution in [0.1, 0.15) is 51.6 Å². The maximum absolute atomic E-state index is 12.4. The van der Waals surface area contributed by atoms with Crippen LogP contribution in [0, 0.1) is 11.8 Å². The molecule has 3 atom stereocenters. The molecule has 0 bridgehead atoms. The summed E-state index contributed by atoms with van der Waals surface area (Å²) in [7, 11) is 1.70. The van der Waals surface area contributed by atoms with Gasteiger partial charge in [0.1, 0.15) is 5.75 Å². The van der Waals surface area contributed by atoms with E-state index in [1.807, 2.05) is 12.1 Å². The lowest BCUT2D eigenvalue weighted by Crippen LogP contribution is -2.53. The number of ether oxygens (including phenoxy) is 1. The van der Waals surface area contributed by atoms with Crippen LogP contribution in [0.3, 0.4) is 0 Å². The Kier molecular flexibility index (Phi) is 8.17. The number of likely N-dealkylation sites (tertiary alicyclic amines) is 3. The predicted octanol–water partition coefficient (Wildman–Crippen LogP) is 3.11. The number of fused-ring (bicyclic) bond motifs is 1. The third-order valence-corrected chi connectivity index (χ3v) is 7.42. The van der Waals surface area contributed by atoms with Gasteiger partial charge in [0.15, 0.2) is 0 Å². The van der Waals surface area contributed by atoms with Crippen molar-refractivity contribution in [2.45, 2.75) is 51.6 Å². The van der Waals surface area contributed by atoms with E-state index in [0.717, 1.165) is 31.9 Å². The molecule has 3 aliphatic rings. The second-order valence-electron chi connectivity index (χ2n) is 9.97. The summed E-state index contributed by atoms with van der Waals surface area (Å²) in [4.78, 5) is 28.2. The van der Waals surface area contributed by atoms with Gasteiger partial charge in [-0.2, -0.15) is 0 Å². The normalized spacial score (nSPS) is 26.2. The molecule has 4 rings (SSSR count). The van der Waals surface area contributed by atoms with Crippen LogP contribution >= 0.6 is 0 Å².